The molecule has 0 aliphatic rings. The van der Waals surface area contributed by atoms with Gasteiger partial charge in [-0.1, -0.05) is 6.07 Å². The largest absolute Gasteiger partial charge is 0.342 e. The molecule has 1 rings (SSSR count). The Bertz CT molecular complexity index is 520. The fourth-order valence-corrected chi connectivity index (χ4v) is 1.83. The summed E-state index contributed by atoms with van der Waals surface area (Å²) in [6.07, 6.45) is 1.56. The minimum Gasteiger partial charge on any atom is -0.342 e. The van der Waals surface area contributed by atoms with Crippen LogP contribution in [0.4, 0.5) is 0 Å². The van der Waals surface area contributed by atoms with E-state index in [1.807, 2.05) is 13.8 Å². The van der Waals surface area contributed by atoms with E-state index in [2.05, 4.69) is 0 Å². The third-order valence-corrected chi connectivity index (χ3v) is 3.12. The van der Waals surface area contributed by atoms with Crippen LogP contribution in [-0.4, -0.2) is 52.9 Å². The van der Waals surface area contributed by atoms with Crippen molar-refractivity contribution in [2.24, 2.45) is 0 Å². The average Bonchev–Trinajstić information content (AvgIpc) is 2.42. The number of aromatic nitrogens is 1. The lowest BCUT2D eigenvalue weighted by atomic mass is 10.4. The minimum atomic E-state index is -0.265. The molecule has 0 aromatic carbocycles. The summed E-state index contributed by atoms with van der Waals surface area (Å²) in [5, 5.41) is 0. The van der Waals surface area contributed by atoms with Gasteiger partial charge in [0.15, 0.2) is 0 Å². The highest BCUT2D eigenvalue weighted by Crippen LogP contribution is 1.95. The van der Waals surface area contributed by atoms with Crippen LogP contribution in [0.2, 0.25) is 0 Å². The van der Waals surface area contributed by atoms with Gasteiger partial charge < -0.3 is 14.4 Å². The van der Waals surface area contributed by atoms with Crippen LogP contribution >= 0.6 is 0 Å². The molecule has 0 bridgehead atoms. The number of carbonyl (C=O) groups excluding carboxylic acids is 2. The Balaban J connectivity index is 2.62. The Kier molecular flexibility index (Phi) is 5.96. The van der Waals surface area contributed by atoms with Crippen LogP contribution in [0.3, 0.4) is 0 Å². The Labute approximate surface area is 118 Å². The van der Waals surface area contributed by atoms with Gasteiger partial charge in [-0.05, 0) is 19.9 Å². The van der Waals surface area contributed by atoms with Crippen molar-refractivity contribution in [2.45, 2.75) is 20.4 Å². The first kappa shape index (κ1) is 15.9. The van der Waals surface area contributed by atoms with Gasteiger partial charge in [0.1, 0.15) is 6.54 Å². The molecule has 0 aliphatic heterocycles. The molecule has 1 heterocycles. The van der Waals surface area contributed by atoms with E-state index in [4.69, 9.17) is 0 Å². The number of amides is 2. The number of likely N-dealkylation sites (N-methyl/N-ethyl adjacent to an activating group) is 2. The van der Waals surface area contributed by atoms with E-state index in [1.54, 1.807) is 30.3 Å². The van der Waals surface area contributed by atoms with Gasteiger partial charge in [0.2, 0.25) is 11.8 Å². The number of pyridine rings is 1. The molecule has 6 heteroatoms. The zero-order chi connectivity index (χ0) is 15.1. The topological polar surface area (TPSA) is 62.6 Å². The lowest BCUT2D eigenvalue weighted by Gasteiger charge is -2.23. The van der Waals surface area contributed by atoms with Gasteiger partial charge >= 0.3 is 0 Å². The van der Waals surface area contributed by atoms with Gasteiger partial charge in [-0.2, -0.15) is 0 Å². The summed E-state index contributed by atoms with van der Waals surface area (Å²) < 4.78 is 1.32. The van der Waals surface area contributed by atoms with Crippen molar-refractivity contribution in [3.05, 3.63) is 34.7 Å². The Hall–Kier alpha value is -2.11. The number of hydrogen-bond acceptors (Lipinski definition) is 3. The van der Waals surface area contributed by atoms with E-state index in [9.17, 15) is 14.4 Å². The van der Waals surface area contributed by atoms with Crippen molar-refractivity contribution in [1.29, 1.82) is 0 Å². The first-order valence-electron chi connectivity index (χ1n) is 6.66. The van der Waals surface area contributed by atoms with Gasteiger partial charge in [-0.15, -0.1) is 0 Å². The van der Waals surface area contributed by atoms with Crippen LogP contribution in [0.1, 0.15) is 13.8 Å². The van der Waals surface area contributed by atoms with E-state index in [0.29, 0.717) is 13.1 Å². The van der Waals surface area contributed by atoms with E-state index in [1.165, 1.54) is 15.5 Å². The van der Waals surface area contributed by atoms with Gasteiger partial charge in [-0.3, -0.25) is 14.4 Å². The number of hydrogen-bond donors (Lipinski definition) is 0. The highest BCUT2D eigenvalue weighted by molar-refractivity contribution is 5.84. The molecule has 0 fully saturated rings. The monoisotopic (exact) mass is 279 g/mol. The maximum Gasteiger partial charge on any atom is 0.250 e. The van der Waals surface area contributed by atoms with Crippen molar-refractivity contribution in [2.75, 3.05) is 26.7 Å². The molecule has 110 valence electrons. The molecular weight excluding hydrogens is 258 g/mol. The first-order valence-corrected chi connectivity index (χ1v) is 6.66. The molecule has 0 saturated heterocycles. The lowest BCUT2D eigenvalue weighted by Crippen LogP contribution is -2.42. The molecule has 0 saturated carbocycles. The van der Waals surface area contributed by atoms with Crippen molar-refractivity contribution < 1.29 is 9.59 Å². The molecule has 0 spiro atoms. The van der Waals surface area contributed by atoms with Crippen molar-refractivity contribution in [3.8, 4) is 0 Å². The van der Waals surface area contributed by atoms with Crippen LogP contribution in [0.25, 0.3) is 0 Å². The summed E-state index contributed by atoms with van der Waals surface area (Å²) in [6, 6.07) is 4.71. The molecule has 6 nitrogen and oxygen atoms in total. The molecule has 0 atom stereocenters. The predicted octanol–water partition coefficient (Wildman–Crippen LogP) is 0.175. The maximum atomic E-state index is 12.0. The van der Waals surface area contributed by atoms with Crippen molar-refractivity contribution >= 4 is 11.8 Å². The molecule has 1 aromatic heterocycles. The van der Waals surface area contributed by atoms with E-state index in [0.717, 1.165) is 0 Å². The SMILES string of the molecule is CCN(CC)C(=O)CN(C)C(=O)Cn1ccccc1=O. The van der Waals surface area contributed by atoms with Crippen LogP contribution in [0.15, 0.2) is 29.2 Å². The Morgan fingerprint density at radius 2 is 1.80 bits per heavy atom. The number of carbonyl (C=O) groups is 2. The molecule has 1 aromatic rings. The van der Waals surface area contributed by atoms with Crippen molar-refractivity contribution in [1.82, 2.24) is 14.4 Å². The zero-order valence-corrected chi connectivity index (χ0v) is 12.2. The Morgan fingerprint density at radius 1 is 1.15 bits per heavy atom. The second-order valence-electron chi connectivity index (χ2n) is 4.48. The normalized spacial score (nSPS) is 10.2. The lowest BCUT2D eigenvalue weighted by molar-refractivity contribution is -0.139. The Morgan fingerprint density at radius 3 is 2.35 bits per heavy atom. The molecule has 0 unspecified atom stereocenters. The highest BCUT2D eigenvalue weighted by atomic mass is 16.2. The van der Waals surface area contributed by atoms with Gasteiger partial charge in [0.25, 0.3) is 5.56 Å². The molecule has 0 N–H and O–H groups in total. The molecule has 2 amide bonds. The second-order valence-corrected chi connectivity index (χ2v) is 4.48. The third-order valence-electron chi connectivity index (χ3n) is 3.12. The number of rotatable bonds is 6. The summed E-state index contributed by atoms with van der Waals surface area (Å²) in [6.45, 7) is 5.01. The first-order chi connectivity index (χ1) is 9.49. The quantitative estimate of drug-likeness (QED) is 0.746. The van der Waals surface area contributed by atoms with E-state index < -0.39 is 0 Å². The maximum absolute atomic E-state index is 12.0. The van der Waals surface area contributed by atoms with Gasteiger partial charge in [0, 0.05) is 32.4 Å². The predicted molar refractivity (Wildman–Crippen MR) is 76.3 cm³/mol. The molecular formula is C14H21N3O3. The molecule has 0 aliphatic carbocycles. The smallest absolute Gasteiger partial charge is 0.250 e. The molecule has 0 radical (unpaired) electrons. The third kappa shape index (κ3) is 4.22. The summed E-state index contributed by atoms with van der Waals surface area (Å²) in [7, 11) is 1.57. The van der Waals surface area contributed by atoms with Crippen molar-refractivity contribution in [3.63, 3.8) is 0 Å². The standard InChI is InChI=1S/C14H21N3O3/c1-4-16(5-2)14(20)10-15(3)13(19)11-17-9-7-6-8-12(17)18/h6-9H,4-5,10-11H2,1-3H3. The number of nitrogens with zero attached hydrogens (tertiary/aromatic N) is 3. The fraction of sp³-hybridized carbons (Fsp3) is 0.500. The van der Waals surface area contributed by atoms with Gasteiger partial charge in [0.05, 0.1) is 6.54 Å². The second kappa shape index (κ2) is 7.47. The van der Waals surface area contributed by atoms with Gasteiger partial charge in [-0.25, -0.2) is 0 Å². The average molecular weight is 279 g/mol. The van der Waals surface area contributed by atoms with Crippen LogP contribution in [0.5, 0.6) is 0 Å². The van der Waals surface area contributed by atoms with Crippen LogP contribution in [0, 0.1) is 0 Å². The summed E-state index contributed by atoms with van der Waals surface area (Å²) in [5.74, 6) is -0.356. The fourth-order valence-electron chi connectivity index (χ4n) is 1.83. The van der Waals surface area contributed by atoms with Crippen LogP contribution in [-0.2, 0) is 16.1 Å². The summed E-state index contributed by atoms with van der Waals surface area (Å²) >= 11 is 0. The zero-order valence-electron chi connectivity index (χ0n) is 12.2. The van der Waals surface area contributed by atoms with Crippen LogP contribution < -0.4 is 5.56 Å². The highest BCUT2D eigenvalue weighted by Gasteiger charge is 2.16. The summed E-state index contributed by atoms with van der Waals surface area (Å²) in [5.41, 5.74) is -0.232. The van der Waals surface area contributed by atoms with E-state index in [-0.39, 0.29) is 30.5 Å². The summed E-state index contributed by atoms with van der Waals surface area (Å²) in [4.78, 5) is 38.4. The minimum absolute atomic E-state index is 0.0299. The van der Waals surface area contributed by atoms with E-state index >= 15 is 0 Å². The molecule has 20 heavy (non-hydrogen) atoms.